The summed E-state index contributed by atoms with van der Waals surface area (Å²) in [6.07, 6.45) is 12.5. The minimum absolute atomic E-state index is 0.300. The molecule has 116 valence electrons. The van der Waals surface area contributed by atoms with Gasteiger partial charge in [-0.15, -0.1) is 10.5 Å². The van der Waals surface area contributed by atoms with Crippen molar-refractivity contribution in [3.63, 3.8) is 0 Å². The number of hydrogen-bond donors (Lipinski definition) is 0. The van der Waals surface area contributed by atoms with E-state index in [1.165, 1.54) is 0 Å². The fourth-order valence-corrected chi connectivity index (χ4v) is 2.96. The van der Waals surface area contributed by atoms with Crippen molar-refractivity contribution < 1.29 is 9.47 Å². The van der Waals surface area contributed by atoms with E-state index in [4.69, 9.17) is 20.0 Å². The molecule has 24 heavy (non-hydrogen) atoms. The Kier molecular flexibility index (Phi) is 4.32. The van der Waals surface area contributed by atoms with Crippen LogP contribution in [0, 0.1) is 23.0 Å². The van der Waals surface area contributed by atoms with Crippen LogP contribution in [0.4, 0.5) is 0 Å². The van der Waals surface area contributed by atoms with E-state index in [-0.39, 0.29) is 5.41 Å². The number of ether oxygens (including phenoxy) is 2. The van der Waals surface area contributed by atoms with Crippen molar-refractivity contribution in [1.29, 1.82) is 10.5 Å². The van der Waals surface area contributed by atoms with Crippen LogP contribution in [0.5, 0.6) is 11.5 Å². The lowest BCUT2D eigenvalue weighted by molar-refractivity contribution is 0.505. The Bertz CT molecular complexity index is 791. The van der Waals surface area contributed by atoms with E-state index in [0.717, 1.165) is 17.5 Å². The Morgan fingerprint density at radius 1 is 0.750 bits per heavy atom. The van der Waals surface area contributed by atoms with Crippen molar-refractivity contribution in [2.45, 2.75) is 11.8 Å². The van der Waals surface area contributed by atoms with Crippen molar-refractivity contribution in [2.75, 3.05) is 0 Å². The summed E-state index contributed by atoms with van der Waals surface area (Å²) in [7, 11) is 0. The van der Waals surface area contributed by atoms with Gasteiger partial charge in [0.2, 0.25) is 0 Å². The van der Waals surface area contributed by atoms with E-state index in [0.29, 0.717) is 11.5 Å². The summed E-state index contributed by atoms with van der Waals surface area (Å²) < 4.78 is 9.71. The van der Waals surface area contributed by atoms with E-state index >= 15 is 0 Å². The van der Waals surface area contributed by atoms with Crippen LogP contribution in [-0.2, 0) is 5.41 Å². The number of rotatable bonds is 4. The maximum absolute atomic E-state index is 8.61. The molecule has 0 N–H and O–H groups in total. The van der Waals surface area contributed by atoms with E-state index in [1.807, 2.05) is 36.4 Å². The van der Waals surface area contributed by atoms with Crippen LogP contribution < -0.4 is 9.47 Å². The first kappa shape index (κ1) is 15.4. The summed E-state index contributed by atoms with van der Waals surface area (Å²) in [5.41, 5.74) is 1.90. The minimum atomic E-state index is -0.300. The molecular weight excluding hydrogens is 300 g/mol. The van der Waals surface area contributed by atoms with Gasteiger partial charge in [-0.1, -0.05) is 48.6 Å². The predicted molar refractivity (Wildman–Crippen MR) is 89.0 cm³/mol. The lowest BCUT2D eigenvalue weighted by atomic mass is 9.70. The van der Waals surface area contributed by atoms with Crippen LogP contribution in [0.2, 0.25) is 0 Å². The second-order valence-electron chi connectivity index (χ2n) is 5.40. The lowest BCUT2D eigenvalue weighted by Gasteiger charge is -2.33. The van der Waals surface area contributed by atoms with E-state index in [2.05, 4.69) is 12.2 Å². The maximum atomic E-state index is 8.61. The van der Waals surface area contributed by atoms with Gasteiger partial charge < -0.3 is 9.47 Å². The second-order valence-corrected chi connectivity index (χ2v) is 5.40. The molecule has 4 heteroatoms. The first-order valence-electron chi connectivity index (χ1n) is 7.46. The van der Waals surface area contributed by atoms with Crippen LogP contribution in [0.15, 0.2) is 72.8 Å². The normalized spacial score (nSPS) is 14.4. The third kappa shape index (κ3) is 2.86. The molecule has 0 spiro atoms. The smallest absolute Gasteiger partial charge is 0.292 e. The van der Waals surface area contributed by atoms with E-state index in [9.17, 15) is 0 Å². The van der Waals surface area contributed by atoms with Gasteiger partial charge in [-0.25, -0.2) is 0 Å². The zero-order valence-corrected chi connectivity index (χ0v) is 12.8. The van der Waals surface area contributed by atoms with Gasteiger partial charge in [-0.2, -0.15) is 0 Å². The second kappa shape index (κ2) is 6.73. The van der Waals surface area contributed by atoms with Crippen LogP contribution >= 0.6 is 0 Å². The zero-order valence-electron chi connectivity index (χ0n) is 12.8. The highest BCUT2D eigenvalue weighted by molar-refractivity contribution is 5.49. The highest BCUT2D eigenvalue weighted by Gasteiger charge is 2.31. The lowest BCUT2D eigenvalue weighted by Crippen LogP contribution is -2.25. The monoisotopic (exact) mass is 314 g/mol. The molecule has 0 radical (unpaired) electrons. The topological polar surface area (TPSA) is 66.0 Å². The van der Waals surface area contributed by atoms with Crippen molar-refractivity contribution in [3.8, 4) is 24.0 Å². The first-order valence-corrected chi connectivity index (χ1v) is 7.46. The summed E-state index contributed by atoms with van der Waals surface area (Å²) >= 11 is 0. The summed E-state index contributed by atoms with van der Waals surface area (Å²) in [5.74, 6) is 1.04. The molecule has 2 aromatic rings. The molecule has 1 aliphatic rings. The van der Waals surface area contributed by atoms with Crippen LogP contribution in [0.1, 0.15) is 17.5 Å². The van der Waals surface area contributed by atoms with Gasteiger partial charge in [0.25, 0.3) is 12.5 Å². The SMILES string of the molecule is N#COc1ccc(C2(c3ccc(OC#N)cc3)C=CC=CC2)cc1. The number of hydrogen-bond acceptors (Lipinski definition) is 4. The molecule has 0 unspecified atom stereocenters. The highest BCUT2D eigenvalue weighted by atomic mass is 16.5. The molecular formula is C20H14N2O2. The van der Waals surface area contributed by atoms with Crippen molar-refractivity contribution in [3.05, 3.63) is 84.0 Å². The van der Waals surface area contributed by atoms with Gasteiger partial charge in [0, 0.05) is 5.41 Å². The van der Waals surface area contributed by atoms with Gasteiger partial charge in [-0.3, -0.25) is 0 Å². The van der Waals surface area contributed by atoms with E-state index in [1.54, 1.807) is 36.8 Å². The van der Waals surface area contributed by atoms with Gasteiger partial charge in [-0.05, 0) is 41.8 Å². The third-order valence-electron chi connectivity index (χ3n) is 4.13. The highest BCUT2D eigenvalue weighted by Crippen LogP contribution is 2.40. The molecule has 0 atom stereocenters. The quantitative estimate of drug-likeness (QED) is 0.793. The molecule has 3 rings (SSSR count). The Labute approximate surface area is 140 Å². The molecule has 0 saturated carbocycles. The van der Waals surface area contributed by atoms with Crippen LogP contribution in [0.3, 0.4) is 0 Å². The summed E-state index contributed by atoms with van der Waals surface area (Å²) in [4.78, 5) is 0. The largest absolute Gasteiger partial charge is 0.388 e. The number of nitrogens with zero attached hydrogens (tertiary/aromatic N) is 2. The molecule has 0 aromatic heterocycles. The summed E-state index contributed by atoms with van der Waals surface area (Å²) in [6, 6.07) is 15.0. The van der Waals surface area contributed by atoms with E-state index < -0.39 is 0 Å². The third-order valence-corrected chi connectivity index (χ3v) is 4.13. The minimum Gasteiger partial charge on any atom is -0.388 e. The first-order chi connectivity index (χ1) is 11.8. The number of allylic oxidation sites excluding steroid dienone is 4. The number of benzene rings is 2. The van der Waals surface area contributed by atoms with Crippen LogP contribution in [-0.4, -0.2) is 0 Å². The van der Waals surface area contributed by atoms with Gasteiger partial charge in [0.05, 0.1) is 0 Å². The maximum Gasteiger partial charge on any atom is 0.292 e. The van der Waals surface area contributed by atoms with Gasteiger partial charge >= 0.3 is 0 Å². The van der Waals surface area contributed by atoms with Crippen molar-refractivity contribution in [2.24, 2.45) is 0 Å². The zero-order chi connectivity index (χ0) is 16.8. The fourth-order valence-electron chi connectivity index (χ4n) is 2.96. The Balaban J connectivity index is 2.02. The summed E-state index contributed by atoms with van der Waals surface area (Å²) in [5, 5.41) is 17.2. The molecule has 4 nitrogen and oxygen atoms in total. The molecule has 0 saturated heterocycles. The fraction of sp³-hybridized carbons (Fsp3) is 0.100. The average Bonchev–Trinajstić information content (AvgIpc) is 2.64. The average molecular weight is 314 g/mol. The van der Waals surface area contributed by atoms with Gasteiger partial charge in [0.1, 0.15) is 11.5 Å². The molecule has 0 fully saturated rings. The molecule has 1 aliphatic carbocycles. The van der Waals surface area contributed by atoms with Crippen LogP contribution in [0.25, 0.3) is 0 Å². The Morgan fingerprint density at radius 2 is 1.25 bits per heavy atom. The molecule has 0 aliphatic heterocycles. The Hall–Kier alpha value is -3.50. The molecule has 0 heterocycles. The van der Waals surface area contributed by atoms with Crippen molar-refractivity contribution in [1.82, 2.24) is 0 Å². The molecule has 0 amide bonds. The Morgan fingerprint density at radius 3 is 1.62 bits per heavy atom. The number of nitriles is 2. The van der Waals surface area contributed by atoms with Crippen molar-refractivity contribution >= 4 is 0 Å². The predicted octanol–water partition coefficient (Wildman–Crippen LogP) is 4.21. The van der Waals surface area contributed by atoms with Gasteiger partial charge in [0.15, 0.2) is 0 Å². The molecule has 0 bridgehead atoms. The summed E-state index contributed by atoms with van der Waals surface area (Å²) in [6.45, 7) is 0. The molecule has 2 aromatic carbocycles. The standard InChI is InChI=1S/C20H14N2O2/c21-14-23-18-8-4-16(5-9-18)20(12-2-1-3-13-20)17-6-10-19(11-7-17)24-15-22/h1-12H,13H2.